The Hall–Kier alpha value is -1.23. The van der Waals surface area contributed by atoms with Gasteiger partial charge in [0.1, 0.15) is 0 Å². The van der Waals surface area contributed by atoms with Gasteiger partial charge in [-0.05, 0) is 18.2 Å². The van der Waals surface area contributed by atoms with Gasteiger partial charge in [-0.15, -0.1) is 0 Å². The van der Waals surface area contributed by atoms with Gasteiger partial charge >= 0.3 is 6.18 Å². The smallest absolute Gasteiger partial charge is 0.325 e. The molecule has 2 nitrogen and oxygen atoms in total. The highest BCUT2D eigenvalue weighted by atomic mass is 35.5. The summed E-state index contributed by atoms with van der Waals surface area (Å²) >= 11 is 5.62. The first-order valence-corrected chi connectivity index (χ1v) is 5.89. The summed E-state index contributed by atoms with van der Waals surface area (Å²) < 4.78 is 36.8. The molecule has 1 amide bonds. The molecule has 0 saturated carbocycles. The highest BCUT2D eigenvalue weighted by Gasteiger charge is 2.30. The third-order valence-electron chi connectivity index (χ3n) is 1.89. The standard InChI is InChI=1S/C10H9ClF3NO.C2H6/c1-2-9(16)15-8-4-3-6(5-7(8)11)10(12,13)14;1-2/h3-5H,2H2,1H3,(H,15,16);1-2H3. The number of halogens is 4. The van der Waals surface area contributed by atoms with Crippen LogP contribution in [0.1, 0.15) is 32.8 Å². The van der Waals surface area contributed by atoms with Crippen LogP contribution in [0.2, 0.25) is 5.02 Å². The van der Waals surface area contributed by atoms with E-state index >= 15 is 0 Å². The molecule has 102 valence electrons. The summed E-state index contributed by atoms with van der Waals surface area (Å²) in [5, 5.41) is 2.27. The van der Waals surface area contributed by atoms with E-state index in [2.05, 4.69) is 5.32 Å². The van der Waals surface area contributed by atoms with Crippen LogP contribution >= 0.6 is 11.6 Å². The number of hydrogen-bond donors (Lipinski definition) is 1. The predicted octanol–water partition coefficient (Wildman–Crippen LogP) is 4.73. The number of rotatable bonds is 2. The van der Waals surface area contributed by atoms with Crippen LogP contribution in [0.3, 0.4) is 0 Å². The third kappa shape index (κ3) is 4.96. The van der Waals surface area contributed by atoms with Gasteiger partial charge in [-0.1, -0.05) is 32.4 Å². The fourth-order valence-corrected chi connectivity index (χ4v) is 1.26. The summed E-state index contributed by atoms with van der Waals surface area (Å²) in [5.74, 6) is -0.304. The van der Waals surface area contributed by atoms with Gasteiger partial charge in [0.25, 0.3) is 0 Å². The Morgan fingerprint density at radius 3 is 2.28 bits per heavy atom. The monoisotopic (exact) mass is 281 g/mol. The first-order valence-electron chi connectivity index (χ1n) is 5.51. The molecular formula is C12H15ClF3NO. The van der Waals surface area contributed by atoms with Crippen LogP contribution in [0, 0.1) is 0 Å². The number of carbonyl (C=O) groups is 1. The third-order valence-corrected chi connectivity index (χ3v) is 2.20. The highest BCUT2D eigenvalue weighted by molar-refractivity contribution is 6.33. The molecule has 0 aliphatic carbocycles. The van der Waals surface area contributed by atoms with E-state index in [1.807, 2.05) is 13.8 Å². The normalized spacial score (nSPS) is 10.4. The number of carbonyl (C=O) groups excluding carboxylic acids is 1. The van der Waals surface area contributed by atoms with Gasteiger partial charge in [-0.2, -0.15) is 13.2 Å². The Morgan fingerprint density at radius 1 is 1.33 bits per heavy atom. The Labute approximate surface area is 109 Å². The molecule has 0 fully saturated rings. The minimum Gasteiger partial charge on any atom is -0.325 e. The largest absolute Gasteiger partial charge is 0.416 e. The molecule has 1 N–H and O–H groups in total. The summed E-state index contributed by atoms with van der Waals surface area (Å²) in [6.07, 6.45) is -4.20. The van der Waals surface area contributed by atoms with E-state index in [0.717, 1.165) is 18.2 Å². The second-order valence-electron chi connectivity index (χ2n) is 3.09. The van der Waals surface area contributed by atoms with Crippen LogP contribution in [0.4, 0.5) is 18.9 Å². The number of anilines is 1. The van der Waals surface area contributed by atoms with Crippen LogP contribution in [-0.2, 0) is 11.0 Å². The van der Waals surface area contributed by atoms with Gasteiger partial charge in [0, 0.05) is 6.42 Å². The van der Waals surface area contributed by atoms with Gasteiger partial charge < -0.3 is 5.32 Å². The number of hydrogen-bond acceptors (Lipinski definition) is 1. The van der Waals surface area contributed by atoms with Crippen molar-refractivity contribution in [3.63, 3.8) is 0 Å². The first kappa shape index (κ1) is 16.8. The lowest BCUT2D eigenvalue weighted by atomic mass is 10.2. The molecular weight excluding hydrogens is 267 g/mol. The van der Waals surface area contributed by atoms with Crippen molar-refractivity contribution >= 4 is 23.2 Å². The maximum atomic E-state index is 12.3. The Bertz CT molecular complexity index is 405. The van der Waals surface area contributed by atoms with E-state index in [4.69, 9.17) is 11.6 Å². The highest BCUT2D eigenvalue weighted by Crippen LogP contribution is 2.33. The topological polar surface area (TPSA) is 29.1 Å². The zero-order valence-corrected chi connectivity index (χ0v) is 11.1. The number of amides is 1. The minimum atomic E-state index is -4.43. The fraction of sp³-hybridized carbons (Fsp3) is 0.417. The van der Waals surface area contributed by atoms with E-state index < -0.39 is 11.7 Å². The number of alkyl halides is 3. The second-order valence-corrected chi connectivity index (χ2v) is 3.50. The zero-order valence-electron chi connectivity index (χ0n) is 10.4. The molecule has 0 spiro atoms. The molecule has 0 bridgehead atoms. The van der Waals surface area contributed by atoms with Crippen molar-refractivity contribution in [2.75, 3.05) is 5.32 Å². The van der Waals surface area contributed by atoms with Gasteiger partial charge in [0.05, 0.1) is 16.3 Å². The predicted molar refractivity (Wildman–Crippen MR) is 66.7 cm³/mol. The SMILES string of the molecule is CC.CCC(=O)Nc1ccc(C(F)(F)F)cc1Cl. The van der Waals surface area contributed by atoms with E-state index in [1.54, 1.807) is 6.92 Å². The second kappa shape index (κ2) is 7.26. The molecule has 0 atom stereocenters. The van der Waals surface area contributed by atoms with Gasteiger partial charge in [-0.25, -0.2) is 0 Å². The summed E-state index contributed by atoms with van der Waals surface area (Å²) in [4.78, 5) is 11.0. The molecule has 0 aromatic heterocycles. The minimum absolute atomic E-state index is 0.128. The van der Waals surface area contributed by atoms with Crippen molar-refractivity contribution in [3.05, 3.63) is 28.8 Å². The van der Waals surface area contributed by atoms with Crippen molar-refractivity contribution in [2.24, 2.45) is 0 Å². The summed E-state index contributed by atoms with van der Waals surface area (Å²) in [6.45, 7) is 5.63. The molecule has 0 saturated heterocycles. The van der Waals surface area contributed by atoms with Crippen LogP contribution < -0.4 is 5.32 Å². The van der Waals surface area contributed by atoms with E-state index in [1.165, 1.54) is 0 Å². The van der Waals surface area contributed by atoms with Crippen LogP contribution in [0.25, 0.3) is 0 Å². The van der Waals surface area contributed by atoms with Crippen molar-refractivity contribution < 1.29 is 18.0 Å². The molecule has 0 aliphatic heterocycles. The van der Waals surface area contributed by atoms with Crippen molar-refractivity contribution in [2.45, 2.75) is 33.4 Å². The lowest BCUT2D eigenvalue weighted by Gasteiger charge is -2.10. The summed E-state index contributed by atoms with van der Waals surface area (Å²) in [6, 6.07) is 2.79. The maximum Gasteiger partial charge on any atom is 0.416 e. The fourth-order valence-electron chi connectivity index (χ4n) is 1.03. The summed E-state index contributed by atoms with van der Waals surface area (Å²) in [7, 11) is 0. The van der Waals surface area contributed by atoms with Gasteiger partial charge in [-0.3, -0.25) is 4.79 Å². The molecule has 0 aliphatic rings. The van der Waals surface area contributed by atoms with Gasteiger partial charge in [0.15, 0.2) is 0 Å². The van der Waals surface area contributed by atoms with Crippen LogP contribution in [0.15, 0.2) is 18.2 Å². The molecule has 0 radical (unpaired) electrons. The Balaban J connectivity index is 0.00000137. The molecule has 0 unspecified atom stereocenters. The number of nitrogens with one attached hydrogen (secondary N) is 1. The molecule has 1 aromatic carbocycles. The Kier molecular flexibility index (Phi) is 6.76. The quantitative estimate of drug-likeness (QED) is 0.834. The molecule has 6 heteroatoms. The molecule has 1 rings (SSSR count). The van der Waals surface area contributed by atoms with Crippen molar-refractivity contribution in [1.82, 2.24) is 0 Å². The molecule has 1 aromatic rings. The van der Waals surface area contributed by atoms with E-state index in [-0.39, 0.29) is 23.0 Å². The van der Waals surface area contributed by atoms with Gasteiger partial charge in [0.2, 0.25) is 5.91 Å². The van der Waals surface area contributed by atoms with Crippen LogP contribution in [0.5, 0.6) is 0 Å². The molecule has 18 heavy (non-hydrogen) atoms. The lowest BCUT2D eigenvalue weighted by Crippen LogP contribution is -2.11. The zero-order chi connectivity index (χ0) is 14.3. The average molecular weight is 282 g/mol. The van der Waals surface area contributed by atoms with E-state index in [0.29, 0.717) is 0 Å². The van der Waals surface area contributed by atoms with Crippen molar-refractivity contribution in [1.29, 1.82) is 0 Å². The lowest BCUT2D eigenvalue weighted by molar-refractivity contribution is -0.137. The van der Waals surface area contributed by atoms with Crippen molar-refractivity contribution in [3.8, 4) is 0 Å². The first-order chi connectivity index (χ1) is 8.34. The maximum absolute atomic E-state index is 12.3. The average Bonchev–Trinajstić information content (AvgIpc) is 2.32. The summed E-state index contributed by atoms with van der Waals surface area (Å²) in [5.41, 5.74) is -0.659. The van der Waals surface area contributed by atoms with Crippen LogP contribution in [-0.4, -0.2) is 5.91 Å². The molecule has 0 heterocycles. The van der Waals surface area contributed by atoms with E-state index in [9.17, 15) is 18.0 Å². The Morgan fingerprint density at radius 2 is 1.89 bits per heavy atom. The number of benzene rings is 1.